The number of carbonyl (C=O) groups is 2. The van der Waals surface area contributed by atoms with Crippen molar-refractivity contribution in [2.45, 2.75) is 30.8 Å². The standard InChI is InChI=1S/C33H34ClN3O5S/c1-24-16-18-28(19-17-24)43(40,41)37(30-15-8-7-14-29(30)34)23-32(38)36(22-26-12-9-13-27(20-26)42-3)31(33(39)35-2)21-25-10-5-4-6-11-25/h4-20,31H,21-23H2,1-3H3,(H,35,39)/t31-/m1/s1. The van der Waals surface area contributed by atoms with Crippen molar-refractivity contribution >= 4 is 39.1 Å². The Morgan fingerprint density at radius 3 is 2.19 bits per heavy atom. The van der Waals surface area contributed by atoms with Gasteiger partial charge in [-0.25, -0.2) is 8.42 Å². The first-order valence-corrected chi connectivity index (χ1v) is 15.5. The number of rotatable bonds is 12. The molecule has 0 aliphatic carbocycles. The highest BCUT2D eigenvalue weighted by molar-refractivity contribution is 7.92. The van der Waals surface area contributed by atoms with Crippen molar-refractivity contribution in [1.82, 2.24) is 10.2 Å². The summed E-state index contributed by atoms with van der Waals surface area (Å²) in [6, 6.07) is 28.4. The predicted octanol–water partition coefficient (Wildman–Crippen LogP) is 5.24. The van der Waals surface area contributed by atoms with Crippen molar-refractivity contribution in [2.24, 2.45) is 0 Å². The van der Waals surface area contributed by atoms with Crippen LogP contribution >= 0.6 is 11.6 Å². The molecule has 4 aromatic carbocycles. The highest BCUT2D eigenvalue weighted by Gasteiger charge is 2.35. The van der Waals surface area contributed by atoms with E-state index in [2.05, 4.69) is 5.32 Å². The maximum atomic E-state index is 14.3. The van der Waals surface area contributed by atoms with Gasteiger partial charge in [-0.05, 0) is 54.4 Å². The van der Waals surface area contributed by atoms with Gasteiger partial charge in [0.05, 0.1) is 22.7 Å². The summed E-state index contributed by atoms with van der Waals surface area (Å²) in [5, 5.41) is 2.84. The summed E-state index contributed by atoms with van der Waals surface area (Å²) < 4.78 is 34.5. The minimum atomic E-state index is -4.24. The van der Waals surface area contributed by atoms with Gasteiger partial charge in [-0.15, -0.1) is 0 Å². The molecule has 4 rings (SSSR count). The number of amides is 2. The van der Waals surface area contributed by atoms with Crippen molar-refractivity contribution in [1.29, 1.82) is 0 Å². The van der Waals surface area contributed by atoms with Crippen LogP contribution in [0.25, 0.3) is 0 Å². The monoisotopic (exact) mass is 619 g/mol. The Bertz CT molecular complexity index is 1660. The zero-order valence-corrected chi connectivity index (χ0v) is 25.8. The van der Waals surface area contributed by atoms with Crippen molar-refractivity contribution in [3.63, 3.8) is 0 Å². The number of likely N-dealkylation sites (N-methyl/N-ethyl adjacent to an activating group) is 1. The predicted molar refractivity (Wildman–Crippen MR) is 169 cm³/mol. The van der Waals surface area contributed by atoms with Crippen LogP contribution in [-0.2, 0) is 32.6 Å². The number of benzene rings is 4. The Hall–Kier alpha value is -4.34. The normalized spacial score (nSPS) is 11.8. The summed E-state index contributed by atoms with van der Waals surface area (Å²) in [5.41, 5.74) is 2.59. The molecule has 0 fully saturated rings. The van der Waals surface area contributed by atoms with Crippen LogP contribution in [0.5, 0.6) is 5.75 Å². The SMILES string of the molecule is CNC(=O)[C@@H](Cc1ccccc1)N(Cc1cccc(OC)c1)C(=O)CN(c1ccccc1Cl)S(=O)(=O)c1ccc(C)cc1. The number of anilines is 1. The van der Waals surface area contributed by atoms with E-state index >= 15 is 0 Å². The Kier molecular flexibility index (Phi) is 10.4. The fourth-order valence-electron chi connectivity index (χ4n) is 4.69. The lowest BCUT2D eigenvalue weighted by atomic mass is 10.0. The lowest BCUT2D eigenvalue weighted by molar-refractivity contribution is -0.139. The average Bonchev–Trinajstić information content (AvgIpc) is 3.02. The number of para-hydroxylation sites is 1. The highest BCUT2D eigenvalue weighted by atomic mass is 35.5. The molecule has 0 aliphatic heterocycles. The fourth-order valence-corrected chi connectivity index (χ4v) is 6.41. The van der Waals surface area contributed by atoms with E-state index in [1.54, 1.807) is 61.7 Å². The molecule has 1 atom stereocenters. The number of methoxy groups -OCH3 is 1. The second-order valence-electron chi connectivity index (χ2n) is 9.97. The maximum Gasteiger partial charge on any atom is 0.264 e. The van der Waals surface area contributed by atoms with Gasteiger partial charge in [-0.3, -0.25) is 13.9 Å². The lowest BCUT2D eigenvalue weighted by Crippen LogP contribution is -2.53. The molecular formula is C33H34ClN3O5S. The van der Waals surface area contributed by atoms with Crippen molar-refractivity contribution in [3.05, 3.63) is 125 Å². The van der Waals surface area contributed by atoms with Gasteiger partial charge in [-0.2, -0.15) is 0 Å². The van der Waals surface area contributed by atoms with Gasteiger partial charge in [0.15, 0.2) is 0 Å². The van der Waals surface area contributed by atoms with Crippen LogP contribution in [0, 0.1) is 6.92 Å². The Morgan fingerprint density at radius 2 is 1.53 bits per heavy atom. The van der Waals surface area contributed by atoms with Gasteiger partial charge < -0.3 is 15.0 Å². The molecule has 0 saturated heterocycles. The zero-order chi connectivity index (χ0) is 31.0. The molecule has 2 amide bonds. The number of carbonyl (C=O) groups excluding carboxylic acids is 2. The molecule has 224 valence electrons. The molecule has 0 heterocycles. The minimum Gasteiger partial charge on any atom is -0.497 e. The molecule has 0 spiro atoms. The Morgan fingerprint density at radius 1 is 0.884 bits per heavy atom. The van der Waals surface area contributed by atoms with Gasteiger partial charge in [0.2, 0.25) is 11.8 Å². The topological polar surface area (TPSA) is 96.0 Å². The lowest BCUT2D eigenvalue weighted by Gasteiger charge is -2.33. The van der Waals surface area contributed by atoms with Crippen LogP contribution in [0.4, 0.5) is 5.69 Å². The van der Waals surface area contributed by atoms with E-state index < -0.39 is 28.5 Å². The number of halogens is 1. The number of hydrogen-bond donors (Lipinski definition) is 1. The Labute approximate surface area is 257 Å². The van der Waals surface area contributed by atoms with Crippen LogP contribution in [0.2, 0.25) is 5.02 Å². The third kappa shape index (κ3) is 7.74. The smallest absolute Gasteiger partial charge is 0.264 e. The van der Waals surface area contributed by atoms with Gasteiger partial charge in [0, 0.05) is 20.0 Å². The van der Waals surface area contributed by atoms with Crippen LogP contribution in [-0.4, -0.2) is 51.9 Å². The van der Waals surface area contributed by atoms with E-state index in [-0.39, 0.29) is 34.5 Å². The van der Waals surface area contributed by atoms with E-state index in [9.17, 15) is 18.0 Å². The average molecular weight is 620 g/mol. The molecule has 0 radical (unpaired) electrons. The van der Waals surface area contributed by atoms with Crippen LogP contribution in [0.1, 0.15) is 16.7 Å². The molecule has 10 heteroatoms. The number of nitrogens with one attached hydrogen (secondary N) is 1. The van der Waals surface area contributed by atoms with Crippen molar-refractivity contribution in [3.8, 4) is 5.75 Å². The summed E-state index contributed by atoms with van der Waals surface area (Å²) in [7, 11) is -1.18. The van der Waals surface area contributed by atoms with Crippen LogP contribution in [0.15, 0.2) is 108 Å². The molecule has 43 heavy (non-hydrogen) atoms. The highest BCUT2D eigenvalue weighted by Crippen LogP contribution is 2.31. The van der Waals surface area contributed by atoms with Crippen molar-refractivity contribution in [2.75, 3.05) is 25.0 Å². The van der Waals surface area contributed by atoms with Gasteiger partial charge in [0.1, 0.15) is 18.3 Å². The first-order chi connectivity index (χ1) is 20.6. The van der Waals surface area contributed by atoms with E-state index in [1.165, 1.54) is 24.1 Å². The number of aryl methyl sites for hydroxylation is 1. The number of nitrogens with zero attached hydrogens (tertiary/aromatic N) is 2. The van der Waals surface area contributed by atoms with E-state index in [0.29, 0.717) is 11.3 Å². The second kappa shape index (κ2) is 14.2. The third-order valence-corrected chi connectivity index (χ3v) is 9.11. The van der Waals surface area contributed by atoms with E-state index in [4.69, 9.17) is 16.3 Å². The molecule has 4 aromatic rings. The van der Waals surface area contributed by atoms with Gasteiger partial charge in [0.25, 0.3) is 10.0 Å². The Balaban J connectivity index is 1.80. The second-order valence-corrected chi connectivity index (χ2v) is 12.2. The van der Waals surface area contributed by atoms with Crippen molar-refractivity contribution < 1.29 is 22.7 Å². The summed E-state index contributed by atoms with van der Waals surface area (Å²) in [6.07, 6.45) is 0.215. The molecule has 1 N–H and O–H groups in total. The first kappa shape index (κ1) is 31.6. The third-order valence-electron chi connectivity index (χ3n) is 7.01. The summed E-state index contributed by atoms with van der Waals surface area (Å²) in [4.78, 5) is 29.1. The molecule has 8 nitrogen and oxygen atoms in total. The quantitative estimate of drug-likeness (QED) is 0.234. The maximum absolute atomic E-state index is 14.3. The summed E-state index contributed by atoms with van der Waals surface area (Å²) >= 11 is 6.50. The molecular weight excluding hydrogens is 586 g/mol. The zero-order valence-electron chi connectivity index (χ0n) is 24.2. The summed E-state index contributed by atoms with van der Waals surface area (Å²) in [6.45, 7) is 1.29. The molecule has 0 bridgehead atoms. The molecule has 0 unspecified atom stereocenters. The van der Waals surface area contributed by atoms with Gasteiger partial charge >= 0.3 is 0 Å². The van der Waals surface area contributed by atoms with E-state index in [0.717, 1.165) is 15.4 Å². The first-order valence-electron chi connectivity index (χ1n) is 13.7. The van der Waals surface area contributed by atoms with E-state index in [1.807, 2.05) is 43.3 Å². The summed E-state index contributed by atoms with van der Waals surface area (Å²) in [5.74, 6) is -0.377. The molecule has 0 aliphatic rings. The molecule has 0 aromatic heterocycles. The number of hydrogen-bond acceptors (Lipinski definition) is 5. The van der Waals surface area contributed by atoms with Crippen LogP contribution < -0.4 is 14.4 Å². The number of ether oxygens (including phenoxy) is 1. The van der Waals surface area contributed by atoms with Gasteiger partial charge in [-0.1, -0.05) is 83.9 Å². The number of sulfonamides is 1. The molecule has 0 saturated carbocycles. The fraction of sp³-hybridized carbons (Fsp3) is 0.212. The van der Waals surface area contributed by atoms with Crippen LogP contribution in [0.3, 0.4) is 0 Å². The minimum absolute atomic E-state index is 0.0114. The largest absolute Gasteiger partial charge is 0.497 e.